The van der Waals surface area contributed by atoms with Crippen LogP contribution in [-0.4, -0.2) is 11.0 Å². The summed E-state index contributed by atoms with van der Waals surface area (Å²) >= 11 is 6.05. The predicted octanol–water partition coefficient (Wildman–Crippen LogP) is 5.27. The van der Waals surface area contributed by atoms with Crippen molar-refractivity contribution in [2.24, 2.45) is 5.92 Å². The number of anilines is 1. The van der Waals surface area contributed by atoms with Gasteiger partial charge in [0.25, 0.3) is 0 Å². The number of pyridine rings is 1. The van der Waals surface area contributed by atoms with Crippen LogP contribution in [0.25, 0.3) is 10.9 Å². The number of rotatable bonds is 3. The largest absolute Gasteiger partial charge is 0.381 e. The fourth-order valence-electron chi connectivity index (χ4n) is 3.33. The third-order valence-corrected chi connectivity index (χ3v) is 4.71. The lowest BCUT2D eigenvalue weighted by Crippen LogP contribution is -2.31. The Morgan fingerprint density at radius 2 is 2.10 bits per heavy atom. The van der Waals surface area contributed by atoms with E-state index in [1.807, 2.05) is 18.3 Å². The molecule has 1 saturated carbocycles. The van der Waals surface area contributed by atoms with Gasteiger partial charge in [-0.05, 0) is 43.0 Å². The van der Waals surface area contributed by atoms with Crippen molar-refractivity contribution in [1.82, 2.24) is 4.98 Å². The van der Waals surface area contributed by atoms with Gasteiger partial charge in [-0.25, -0.2) is 0 Å². The van der Waals surface area contributed by atoms with Crippen LogP contribution in [0.4, 0.5) is 5.69 Å². The highest BCUT2D eigenvalue weighted by Crippen LogP contribution is 2.32. The molecule has 0 bridgehead atoms. The highest BCUT2D eigenvalue weighted by atomic mass is 35.5. The Labute approximate surface area is 125 Å². The van der Waals surface area contributed by atoms with Gasteiger partial charge in [-0.2, -0.15) is 0 Å². The van der Waals surface area contributed by atoms with Gasteiger partial charge in [0, 0.05) is 28.3 Å². The average Bonchev–Trinajstić information content (AvgIpc) is 2.47. The Balaban J connectivity index is 1.90. The van der Waals surface area contributed by atoms with E-state index in [4.69, 9.17) is 11.6 Å². The molecule has 1 heterocycles. The molecular weight excluding hydrogens is 268 g/mol. The van der Waals surface area contributed by atoms with E-state index in [1.54, 1.807) is 0 Å². The summed E-state index contributed by atoms with van der Waals surface area (Å²) in [5.41, 5.74) is 2.16. The number of hydrogen-bond acceptors (Lipinski definition) is 2. The Morgan fingerprint density at radius 1 is 1.25 bits per heavy atom. The van der Waals surface area contributed by atoms with Crippen molar-refractivity contribution >= 4 is 28.2 Å². The van der Waals surface area contributed by atoms with Crippen LogP contribution in [0.5, 0.6) is 0 Å². The maximum absolute atomic E-state index is 6.05. The van der Waals surface area contributed by atoms with E-state index in [0.29, 0.717) is 6.04 Å². The topological polar surface area (TPSA) is 24.9 Å². The molecule has 2 atom stereocenters. The van der Waals surface area contributed by atoms with E-state index in [9.17, 15) is 0 Å². The molecule has 3 heteroatoms. The standard InChI is InChI=1S/C17H21ClN2/c1-2-12-5-3-4-6-15(12)20-16-9-10-19-17-11-13(18)7-8-14(16)17/h7-12,15H,2-6H2,1H3,(H,19,20). The van der Waals surface area contributed by atoms with Crippen molar-refractivity contribution in [3.63, 3.8) is 0 Å². The van der Waals surface area contributed by atoms with Crippen LogP contribution in [-0.2, 0) is 0 Å². The van der Waals surface area contributed by atoms with Crippen molar-refractivity contribution in [3.05, 3.63) is 35.5 Å². The summed E-state index contributed by atoms with van der Waals surface area (Å²) in [6, 6.07) is 8.61. The number of hydrogen-bond donors (Lipinski definition) is 1. The van der Waals surface area contributed by atoms with Crippen LogP contribution < -0.4 is 5.32 Å². The summed E-state index contributed by atoms with van der Waals surface area (Å²) < 4.78 is 0. The van der Waals surface area contributed by atoms with Gasteiger partial charge in [0.2, 0.25) is 0 Å². The van der Waals surface area contributed by atoms with E-state index in [1.165, 1.54) is 37.8 Å². The van der Waals surface area contributed by atoms with E-state index in [0.717, 1.165) is 21.8 Å². The monoisotopic (exact) mass is 288 g/mol. The molecule has 0 aliphatic heterocycles. The normalized spacial score (nSPS) is 22.9. The Hall–Kier alpha value is -1.28. The predicted molar refractivity (Wildman–Crippen MR) is 86.4 cm³/mol. The Morgan fingerprint density at radius 3 is 2.95 bits per heavy atom. The van der Waals surface area contributed by atoms with Crippen LogP contribution in [0.2, 0.25) is 5.02 Å². The average molecular weight is 289 g/mol. The van der Waals surface area contributed by atoms with Gasteiger partial charge >= 0.3 is 0 Å². The smallest absolute Gasteiger partial charge is 0.0737 e. The second kappa shape index (κ2) is 6.01. The lowest BCUT2D eigenvalue weighted by Gasteiger charge is -2.32. The first-order chi connectivity index (χ1) is 9.78. The summed E-state index contributed by atoms with van der Waals surface area (Å²) in [7, 11) is 0. The lowest BCUT2D eigenvalue weighted by molar-refractivity contribution is 0.317. The van der Waals surface area contributed by atoms with E-state index >= 15 is 0 Å². The SMILES string of the molecule is CCC1CCCCC1Nc1ccnc2cc(Cl)ccc12. The van der Waals surface area contributed by atoms with Crippen LogP contribution in [0.3, 0.4) is 0 Å². The maximum Gasteiger partial charge on any atom is 0.0737 e. The maximum atomic E-state index is 6.05. The lowest BCUT2D eigenvalue weighted by atomic mass is 9.82. The molecule has 1 aliphatic carbocycles. The summed E-state index contributed by atoms with van der Waals surface area (Å²) in [5.74, 6) is 0.791. The number of aromatic nitrogens is 1. The number of benzene rings is 1. The van der Waals surface area contributed by atoms with Gasteiger partial charge in [-0.3, -0.25) is 4.98 Å². The van der Waals surface area contributed by atoms with Crippen LogP contribution in [0.1, 0.15) is 39.0 Å². The van der Waals surface area contributed by atoms with Gasteiger partial charge in [0.1, 0.15) is 0 Å². The van der Waals surface area contributed by atoms with E-state index in [2.05, 4.69) is 29.4 Å². The molecule has 0 radical (unpaired) electrons. The minimum Gasteiger partial charge on any atom is -0.381 e. The molecule has 0 amide bonds. The zero-order valence-electron chi connectivity index (χ0n) is 11.9. The van der Waals surface area contributed by atoms with Crippen LogP contribution in [0.15, 0.2) is 30.5 Å². The first kappa shape index (κ1) is 13.7. The fourth-order valence-corrected chi connectivity index (χ4v) is 3.50. The Bertz CT molecular complexity index is 597. The van der Waals surface area contributed by atoms with Crippen molar-refractivity contribution in [1.29, 1.82) is 0 Å². The molecular formula is C17H21ClN2. The number of halogens is 1. The molecule has 1 aromatic carbocycles. The third kappa shape index (κ3) is 2.76. The molecule has 1 fully saturated rings. The molecule has 20 heavy (non-hydrogen) atoms. The Kier molecular flexibility index (Phi) is 4.11. The quantitative estimate of drug-likeness (QED) is 0.832. The minimum atomic E-state index is 0.593. The van der Waals surface area contributed by atoms with Crippen molar-refractivity contribution in [3.8, 4) is 0 Å². The zero-order valence-corrected chi connectivity index (χ0v) is 12.7. The van der Waals surface area contributed by atoms with Crippen molar-refractivity contribution < 1.29 is 0 Å². The van der Waals surface area contributed by atoms with Gasteiger partial charge in [-0.15, -0.1) is 0 Å². The molecule has 2 aromatic rings. The second-order valence-electron chi connectivity index (χ2n) is 5.72. The zero-order chi connectivity index (χ0) is 13.9. The first-order valence-electron chi connectivity index (χ1n) is 7.58. The molecule has 106 valence electrons. The van der Waals surface area contributed by atoms with Gasteiger partial charge < -0.3 is 5.32 Å². The van der Waals surface area contributed by atoms with E-state index < -0.39 is 0 Å². The number of fused-ring (bicyclic) bond motifs is 1. The van der Waals surface area contributed by atoms with E-state index in [-0.39, 0.29) is 0 Å². The number of nitrogens with zero attached hydrogens (tertiary/aromatic N) is 1. The molecule has 1 aromatic heterocycles. The highest BCUT2D eigenvalue weighted by Gasteiger charge is 2.23. The third-order valence-electron chi connectivity index (χ3n) is 4.48. The van der Waals surface area contributed by atoms with Crippen LogP contribution >= 0.6 is 11.6 Å². The molecule has 0 spiro atoms. The molecule has 2 unspecified atom stereocenters. The molecule has 0 saturated heterocycles. The molecule has 1 N–H and O–H groups in total. The summed E-state index contributed by atoms with van der Waals surface area (Å²) in [6.07, 6.45) is 8.46. The van der Waals surface area contributed by atoms with Crippen molar-refractivity contribution in [2.45, 2.75) is 45.1 Å². The summed E-state index contributed by atoms with van der Waals surface area (Å²) in [5, 5.41) is 5.67. The number of nitrogens with one attached hydrogen (secondary N) is 1. The summed E-state index contributed by atoms with van der Waals surface area (Å²) in [6.45, 7) is 2.30. The molecule has 3 rings (SSSR count). The minimum absolute atomic E-state index is 0.593. The highest BCUT2D eigenvalue weighted by molar-refractivity contribution is 6.31. The van der Waals surface area contributed by atoms with Gasteiger partial charge in [0.15, 0.2) is 0 Å². The van der Waals surface area contributed by atoms with Gasteiger partial charge in [-0.1, -0.05) is 37.8 Å². The molecule has 2 nitrogen and oxygen atoms in total. The second-order valence-corrected chi connectivity index (χ2v) is 6.16. The fraction of sp³-hybridized carbons (Fsp3) is 0.471. The summed E-state index contributed by atoms with van der Waals surface area (Å²) in [4.78, 5) is 4.41. The first-order valence-corrected chi connectivity index (χ1v) is 7.96. The van der Waals surface area contributed by atoms with Gasteiger partial charge in [0.05, 0.1) is 5.52 Å². The van der Waals surface area contributed by atoms with Crippen molar-refractivity contribution in [2.75, 3.05) is 5.32 Å². The van der Waals surface area contributed by atoms with Crippen LogP contribution in [0, 0.1) is 5.92 Å². The molecule has 1 aliphatic rings.